The number of hydrogen-bond acceptors (Lipinski definition) is 6. The molecule has 1 aromatic carbocycles. The number of benzene rings is 1. The van der Waals surface area contributed by atoms with Crippen molar-refractivity contribution < 1.29 is 22.4 Å². The van der Waals surface area contributed by atoms with Crippen LogP contribution in [0, 0.1) is 0 Å². The summed E-state index contributed by atoms with van der Waals surface area (Å²) >= 11 is 1.20. The maximum Gasteiger partial charge on any atom is 0.240 e. The van der Waals surface area contributed by atoms with Gasteiger partial charge in [-0.25, -0.2) is 13.1 Å². The molecule has 29 heavy (non-hydrogen) atoms. The van der Waals surface area contributed by atoms with Crippen molar-refractivity contribution in [1.29, 1.82) is 0 Å². The third-order valence-corrected chi connectivity index (χ3v) is 6.49. The fourth-order valence-electron chi connectivity index (χ4n) is 2.54. The monoisotopic (exact) mass is 432 g/mol. The summed E-state index contributed by atoms with van der Waals surface area (Å²) in [5, 5.41) is 2.71. The molecule has 0 radical (unpaired) electrons. The summed E-state index contributed by atoms with van der Waals surface area (Å²) in [5.74, 6) is -0.112. The van der Waals surface area contributed by atoms with Crippen molar-refractivity contribution in [2.45, 2.75) is 31.2 Å². The summed E-state index contributed by atoms with van der Waals surface area (Å²) < 4.78 is 32.6. The zero-order valence-electron chi connectivity index (χ0n) is 15.7. The van der Waals surface area contributed by atoms with Gasteiger partial charge in [0.25, 0.3) is 0 Å². The number of anilines is 1. The van der Waals surface area contributed by atoms with Crippen LogP contribution in [0.15, 0.2) is 64.1 Å². The Hall–Kier alpha value is -2.75. The Morgan fingerprint density at radius 1 is 1.07 bits per heavy atom. The van der Waals surface area contributed by atoms with Crippen molar-refractivity contribution in [3.8, 4) is 0 Å². The van der Waals surface area contributed by atoms with Crippen molar-refractivity contribution in [2.24, 2.45) is 0 Å². The molecule has 2 N–H and O–H groups in total. The largest absolute Gasteiger partial charge is 0.461 e. The molecule has 0 atom stereocenters. The lowest BCUT2D eigenvalue weighted by atomic mass is 10.2. The number of thiophene rings is 1. The lowest BCUT2D eigenvalue weighted by Gasteiger charge is -2.08. The smallest absolute Gasteiger partial charge is 0.240 e. The normalized spacial score (nSPS) is 11.3. The topological polar surface area (TPSA) is 105 Å². The Morgan fingerprint density at radius 3 is 2.48 bits per heavy atom. The SMILES string of the molecule is CCCC(=O)Nc1ccc(S(=O)(=O)NCc2ccc(C(=O)c3ccco3)s2)cc1. The van der Waals surface area contributed by atoms with Crippen molar-refractivity contribution in [1.82, 2.24) is 4.72 Å². The number of sulfonamides is 1. The molecular weight excluding hydrogens is 412 g/mol. The number of nitrogens with one attached hydrogen (secondary N) is 2. The average molecular weight is 433 g/mol. The highest BCUT2D eigenvalue weighted by atomic mass is 32.2. The highest BCUT2D eigenvalue weighted by Gasteiger charge is 2.17. The second-order valence-electron chi connectivity index (χ2n) is 6.22. The fraction of sp³-hybridized carbons (Fsp3) is 0.200. The molecule has 0 spiro atoms. The van der Waals surface area contributed by atoms with Crippen molar-refractivity contribution in [3.05, 3.63) is 70.3 Å². The molecule has 0 unspecified atom stereocenters. The van der Waals surface area contributed by atoms with Crippen molar-refractivity contribution in [3.63, 3.8) is 0 Å². The Morgan fingerprint density at radius 2 is 1.83 bits per heavy atom. The average Bonchev–Trinajstić information content (AvgIpc) is 3.39. The van der Waals surface area contributed by atoms with Gasteiger partial charge < -0.3 is 9.73 Å². The molecule has 152 valence electrons. The van der Waals surface area contributed by atoms with Gasteiger partial charge in [-0.3, -0.25) is 9.59 Å². The second kappa shape index (κ2) is 9.17. The number of amides is 1. The molecule has 0 bridgehead atoms. The van der Waals surface area contributed by atoms with Crippen LogP contribution in [-0.4, -0.2) is 20.1 Å². The fourth-order valence-corrected chi connectivity index (χ4v) is 4.53. The van der Waals surface area contributed by atoms with Gasteiger partial charge in [0.05, 0.1) is 16.0 Å². The van der Waals surface area contributed by atoms with E-state index in [-0.39, 0.29) is 28.9 Å². The van der Waals surface area contributed by atoms with Crippen LogP contribution in [0.3, 0.4) is 0 Å². The van der Waals surface area contributed by atoms with E-state index in [0.29, 0.717) is 21.9 Å². The Labute approximate surface area is 172 Å². The highest BCUT2D eigenvalue weighted by molar-refractivity contribution is 7.89. The van der Waals surface area contributed by atoms with E-state index in [1.807, 2.05) is 6.92 Å². The first-order valence-electron chi connectivity index (χ1n) is 8.95. The summed E-state index contributed by atoms with van der Waals surface area (Å²) in [6.45, 7) is 1.97. The molecule has 0 aliphatic heterocycles. The van der Waals surface area contributed by atoms with E-state index in [1.165, 1.54) is 29.7 Å². The van der Waals surface area contributed by atoms with Gasteiger partial charge in [-0.2, -0.15) is 0 Å². The van der Waals surface area contributed by atoms with Crippen LogP contribution in [0.5, 0.6) is 0 Å². The second-order valence-corrected chi connectivity index (χ2v) is 9.15. The minimum atomic E-state index is -3.73. The van der Waals surface area contributed by atoms with Crippen molar-refractivity contribution in [2.75, 3.05) is 5.32 Å². The Balaban J connectivity index is 1.61. The van der Waals surface area contributed by atoms with Gasteiger partial charge in [0, 0.05) is 23.5 Å². The lowest BCUT2D eigenvalue weighted by molar-refractivity contribution is -0.116. The molecule has 0 aliphatic rings. The molecule has 3 rings (SSSR count). The first-order chi connectivity index (χ1) is 13.9. The molecule has 0 saturated carbocycles. The lowest BCUT2D eigenvalue weighted by Crippen LogP contribution is -2.22. The predicted octanol–water partition coefficient (Wildman–Crippen LogP) is 3.79. The molecule has 7 nitrogen and oxygen atoms in total. The maximum absolute atomic E-state index is 12.5. The molecule has 3 aromatic rings. The van der Waals surface area contributed by atoms with Gasteiger partial charge in [-0.05, 0) is 55.0 Å². The molecule has 2 heterocycles. The van der Waals surface area contributed by atoms with Crippen LogP contribution >= 0.6 is 11.3 Å². The molecule has 0 fully saturated rings. The van der Waals surface area contributed by atoms with Gasteiger partial charge in [0.2, 0.25) is 21.7 Å². The van der Waals surface area contributed by atoms with Crippen molar-refractivity contribution >= 4 is 38.7 Å². The van der Waals surface area contributed by atoms with E-state index in [4.69, 9.17) is 4.42 Å². The van der Waals surface area contributed by atoms with E-state index < -0.39 is 10.0 Å². The number of furan rings is 1. The van der Waals surface area contributed by atoms with Crippen LogP contribution < -0.4 is 10.0 Å². The molecule has 2 aromatic heterocycles. The summed E-state index contributed by atoms with van der Waals surface area (Å²) in [7, 11) is -3.73. The molecular formula is C20H20N2O5S2. The summed E-state index contributed by atoms with van der Waals surface area (Å²) in [4.78, 5) is 25.1. The van der Waals surface area contributed by atoms with Gasteiger partial charge in [0.1, 0.15) is 0 Å². The Kier molecular flexibility index (Phi) is 6.63. The number of hydrogen-bond donors (Lipinski definition) is 2. The van der Waals surface area contributed by atoms with Crippen LogP contribution in [0.1, 0.15) is 40.1 Å². The van der Waals surface area contributed by atoms with Crippen LogP contribution in [0.25, 0.3) is 0 Å². The van der Waals surface area contributed by atoms with E-state index >= 15 is 0 Å². The molecule has 1 amide bonds. The third kappa shape index (κ3) is 5.41. The third-order valence-electron chi connectivity index (χ3n) is 3.99. The van der Waals surface area contributed by atoms with E-state index in [0.717, 1.165) is 6.42 Å². The number of rotatable bonds is 9. The first kappa shape index (κ1) is 21.0. The zero-order valence-corrected chi connectivity index (χ0v) is 17.3. The van der Waals surface area contributed by atoms with Gasteiger partial charge in [0.15, 0.2) is 5.76 Å². The molecule has 9 heteroatoms. The van der Waals surface area contributed by atoms with Crippen LogP contribution in [-0.2, 0) is 21.4 Å². The number of carbonyl (C=O) groups is 2. The standard InChI is InChI=1S/C20H20N2O5S2/c1-2-4-19(23)22-14-6-9-16(10-7-14)29(25,26)21-13-15-8-11-18(28-15)20(24)17-5-3-12-27-17/h3,5-12,21H,2,4,13H2,1H3,(H,22,23). The van der Waals surface area contributed by atoms with E-state index in [2.05, 4.69) is 10.0 Å². The van der Waals surface area contributed by atoms with E-state index in [1.54, 1.807) is 36.4 Å². The molecule has 0 saturated heterocycles. The summed E-state index contributed by atoms with van der Waals surface area (Å²) in [6.07, 6.45) is 2.57. The number of carbonyl (C=O) groups excluding carboxylic acids is 2. The van der Waals surface area contributed by atoms with Gasteiger partial charge in [-0.1, -0.05) is 6.92 Å². The molecule has 0 aliphatic carbocycles. The van der Waals surface area contributed by atoms with Gasteiger partial charge in [-0.15, -0.1) is 11.3 Å². The quantitative estimate of drug-likeness (QED) is 0.501. The minimum Gasteiger partial charge on any atom is -0.461 e. The maximum atomic E-state index is 12.5. The summed E-state index contributed by atoms with van der Waals surface area (Å²) in [6, 6.07) is 12.5. The first-order valence-corrected chi connectivity index (χ1v) is 11.3. The Bertz CT molecular complexity index is 1080. The van der Waals surface area contributed by atoms with E-state index in [9.17, 15) is 18.0 Å². The highest BCUT2D eigenvalue weighted by Crippen LogP contribution is 2.21. The minimum absolute atomic E-state index is 0.0629. The predicted molar refractivity (Wildman–Crippen MR) is 110 cm³/mol. The van der Waals surface area contributed by atoms with Gasteiger partial charge >= 0.3 is 0 Å². The number of ketones is 1. The summed E-state index contributed by atoms with van der Waals surface area (Å²) in [5.41, 5.74) is 0.543. The van der Waals surface area contributed by atoms with Crippen LogP contribution in [0.4, 0.5) is 5.69 Å². The zero-order chi connectivity index (χ0) is 20.9. The van der Waals surface area contributed by atoms with Crippen LogP contribution in [0.2, 0.25) is 0 Å².